The number of hydrogen-bond acceptors (Lipinski definition) is 3. The smallest absolute Gasteiger partial charge is 0.274 e. The number of benzene rings is 2. The molecule has 1 atom stereocenters. The Bertz CT molecular complexity index is 602. The number of para-hydroxylation sites is 1. The molecule has 0 fully saturated rings. The first kappa shape index (κ1) is 13.4. The van der Waals surface area contributed by atoms with Gasteiger partial charge in [-0.25, -0.2) is 0 Å². The summed E-state index contributed by atoms with van der Waals surface area (Å²) in [5.41, 5.74) is 1.59. The standard InChI is InChI=1S/C14H13ClN2O2/c1-10(16-12-6-4-5-11(15)9-12)13-7-2-3-8-14(13)17(18)19/h2-10,16H,1H3. The summed E-state index contributed by atoms with van der Waals surface area (Å²) < 4.78 is 0. The van der Waals surface area contributed by atoms with Gasteiger partial charge in [0.1, 0.15) is 0 Å². The third-order valence-corrected chi connectivity index (χ3v) is 3.04. The van der Waals surface area contributed by atoms with Gasteiger partial charge in [-0.3, -0.25) is 10.1 Å². The fourth-order valence-electron chi connectivity index (χ4n) is 1.93. The monoisotopic (exact) mass is 276 g/mol. The molecule has 0 aromatic heterocycles. The summed E-state index contributed by atoms with van der Waals surface area (Å²) >= 11 is 5.91. The molecule has 98 valence electrons. The molecular weight excluding hydrogens is 264 g/mol. The fourth-order valence-corrected chi connectivity index (χ4v) is 2.12. The minimum atomic E-state index is -0.370. The normalized spacial score (nSPS) is 11.9. The van der Waals surface area contributed by atoms with Crippen LogP contribution in [0.2, 0.25) is 5.02 Å². The molecule has 19 heavy (non-hydrogen) atoms. The topological polar surface area (TPSA) is 55.2 Å². The van der Waals surface area contributed by atoms with Crippen molar-refractivity contribution < 1.29 is 4.92 Å². The molecule has 0 aliphatic rings. The summed E-state index contributed by atoms with van der Waals surface area (Å²) in [6.45, 7) is 1.88. The quantitative estimate of drug-likeness (QED) is 0.664. The van der Waals surface area contributed by atoms with Crippen molar-refractivity contribution >= 4 is 23.0 Å². The van der Waals surface area contributed by atoms with Crippen LogP contribution in [0.4, 0.5) is 11.4 Å². The van der Waals surface area contributed by atoms with Crippen molar-refractivity contribution in [3.05, 3.63) is 69.2 Å². The average Bonchev–Trinajstić information content (AvgIpc) is 2.38. The van der Waals surface area contributed by atoms with Gasteiger partial charge in [-0.05, 0) is 25.1 Å². The molecular formula is C14H13ClN2O2. The minimum absolute atomic E-state index is 0.115. The highest BCUT2D eigenvalue weighted by Gasteiger charge is 2.17. The van der Waals surface area contributed by atoms with Gasteiger partial charge in [0.2, 0.25) is 0 Å². The summed E-state index contributed by atoms with van der Waals surface area (Å²) in [5.74, 6) is 0. The van der Waals surface area contributed by atoms with E-state index in [1.54, 1.807) is 30.3 Å². The summed E-state index contributed by atoms with van der Waals surface area (Å²) in [5, 5.41) is 14.8. The van der Waals surface area contributed by atoms with E-state index in [0.29, 0.717) is 10.6 Å². The van der Waals surface area contributed by atoms with Gasteiger partial charge in [-0.2, -0.15) is 0 Å². The number of rotatable bonds is 4. The van der Waals surface area contributed by atoms with Crippen molar-refractivity contribution in [1.29, 1.82) is 0 Å². The molecule has 1 N–H and O–H groups in total. The van der Waals surface area contributed by atoms with Crippen molar-refractivity contribution in [2.24, 2.45) is 0 Å². The first-order valence-corrected chi connectivity index (χ1v) is 6.21. The van der Waals surface area contributed by atoms with Crippen molar-refractivity contribution in [2.45, 2.75) is 13.0 Å². The van der Waals surface area contributed by atoms with Crippen molar-refractivity contribution in [3.63, 3.8) is 0 Å². The lowest BCUT2D eigenvalue weighted by molar-refractivity contribution is -0.385. The van der Waals surface area contributed by atoms with E-state index < -0.39 is 0 Å². The zero-order valence-electron chi connectivity index (χ0n) is 10.3. The van der Waals surface area contributed by atoms with Gasteiger partial charge in [-0.15, -0.1) is 0 Å². The van der Waals surface area contributed by atoms with Crippen LogP contribution in [-0.4, -0.2) is 4.92 Å². The van der Waals surface area contributed by atoms with E-state index in [-0.39, 0.29) is 16.7 Å². The van der Waals surface area contributed by atoms with Crippen LogP contribution in [0.5, 0.6) is 0 Å². The van der Waals surface area contributed by atoms with E-state index in [2.05, 4.69) is 5.32 Å². The lowest BCUT2D eigenvalue weighted by atomic mass is 10.1. The lowest BCUT2D eigenvalue weighted by Crippen LogP contribution is -2.08. The summed E-state index contributed by atoms with van der Waals surface area (Å²) in [6, 6.07) is 13.8. The first-order chi connectivity index (χ1) is 9.08. The molecule has 0 saturated carbocycles. The van der Waals surface area contributed by atoms with E-state index in [1.807, 2.05) is 19.1 Å². The van der Waals surface area contributed by atoms with Crippen LogP contribution in [-0.2, 0) is 0 Å². The Morgan fingerprint density at radius 1 is 1.21 bits per heavy atom. The Kier molecular flexibility index (Phi) is 4.02. The fraction of sp³-hybridized carbons (Fsp3) is 0.143. The van der Waals surface area contributed by atoms with Crippen LogP contribution in [0.1, 0.15) is 18.5 Å². The molecule has 5 heteroatoms. The highest BCUT2D eigenvalue weighted by Crippen LogP contribution is 2.28. The van der Waals surface area contributed by atoms with E-state index in [0.717, 1.165) is 5.69 Å². The van der Waals surface area contributed by atoms with Crippen LogP contribution in [0.25, 0.3) is 0 Å². The molecule has 2 rings (SSSR count). The summed E-state index contributed by atoms with van der Waals surface area (Å²) in [7, 11) is 0. The van der Waals surface area contributed by atoms with Gasteiger partial charge in [-0.1, -0.05) is 35.9 Å². The number of anilines is 1. The van der Waals surface area contributed by atoms with Crippen molar-refractivity contribution in [2.75, 3.05) is 5.32 Å². The second-order valence-electron chi connectivity index (χ2n) is 4.19. The van der Waals surface area contributed by atoms with Crippen LogP contribution in [0.15, 0.2) is 48.5 Å². The number of nitrogens with zero attached hydrogens (tertiary/aromatic N) is 1. The number of nitrogens with one attached hydrogen (secondary N) is 1. The number of halogens is 1. The Balaban J connectivity index is 2.25. The van der Waals surface area contributed by atoms with Gasteiger partial charge in [0.15, 0.2) is 0 Å². The number of hydrogen-bond donors (Lipinski definition) is 1. The molecule has 0 heterocycles. The first-order valence-electron chi connectivity index (χ1n) is 5.83. The van der Waals surface area contributed by atoms with Gasteiger partial charge in [0, 0.05) is 16.8 Å². The Morgan fingerprint density at radius 2 is 1.95 bits per heavy atom. The van der Waals surface area contributed by atoms with E-state index in [4.69, 9.17) is 11.6 Å². The molecule has 0 saturated heterocycles. The maximum absolute atomic E-state index is 11.0. The summed E-state index contributed by atoms with van der Waals surface area (Å²) in [6.07, 6.45) is 0. The Labute approximate surface area is 116 Å². The van der Waals surface area contributed by atoms with Gasteiger partial charge < -0.3 is 5.32 Å². The van der Waals surface area contributed by atoms with Crippen molar-refractivity contribution in [1.82, 2.24) is 0 Å². The van der Waals surface area contributed by atoms with Crippen molar-refractivity contribution in [3.8, 4) is 0 Å². The van der Waals surface area contributed by atoms with Crippen LogP contribution < -0.4 is 5.32 Å². The molecule has 4 nitrogen and oxygen atoms in total. The summed E-state index contributed by atoms with van der Waals surface area (Å²) in [4.78, 5) is 10.6. The zero-order valence-corrected chi connectivity index (χ0v) is 11.1. The number of nitro benzene ring substituents is 1. The highest BCUT2D eigenvalue weighted by atomic mass is 35.5. The van der Waals surface area contributed by atoms with Crippen LogP contribution >= 0.6 is 11.6 Å². The maximum Gasteiger partial charge on any atom is 0.274 e. The molecule has 0 aliphatic heterocycles. The third-order valence-electron chi connectivity index (χ3n) is 2.81. The minimum Gasteiger partial charge on any atom is -0.378 e. The molecule has 0 aliphatic carbocycles. The Morgan fingerprint density at radius 3 is 2.63 bits per heavy atom. The number of nitro groups is 1. The second kappa shape index (κ2) is 5.71. The predicted octanol–water partition coefficient (Wildman–Crippen LogP) is 4.42. The molecule has 0 radical (unpaired) electrons. The molecule has 0 bridgehead atoms. The molecule has 1 unspecified atom stereocenters. The van der Waals surface area contributed by atoms with E-state index >= 15 is 0 Å². The van der Waals surface area contributed by atoms with Crippen LogP contribution in [0.3, 0.4) is 0 Å². The SMILES string of the molecule is CC(Nc1cccc(Cl)c1)c1ccccc1[N+](=O)[O-]. The average molecular weight is 277 g/mol. The highest BCUT2D eigenvalue weighted by molar-refractivity contribution is 6.30. The van der Waals surface area contributed by atoms with E-state index in [9.17, 15) is 10.1 Å². The van der Waals surface area contributed by atoms with Gasteiger partial charge >= 0.3 is 0 Å². The Hall–Kier alpha value is -2.07. The molecule has 0 amide bonds. The van der Waals surface area contributed by atoms with Crippen LogP contribution in [0, 0.1) is 10.1 Å². The predicted molar refractivity (Wildman–Crippen MR) is 76.6 cm³/mol. The second-order valence-corrected chi connectivity index (χ2v) is 4.63. The molecule has 2 aromatic carbocycles. The van der Waals surface area contributed by atoms with Gasteiger partial charge in [0.25, 0.3) is 5.69 Å². The zero-order chi connectivity index (χ0) is 13.8. The van der Waals surface area contributed by atoms with Gasteiger partial charge in [0.05, 0.1) is 16.5 Å². The van der Waals surface area contributed by atoms with E-state index in [1.165, 1.54) is 6.07 Å². The third kappa shape index (κ3) is 3.23. The maximum atomic E-state index is 11.0. The molecule has 0 spiro atoms. The molecule has 2 aromatic rings. The lowest BCUT2D eigenvalue weighted by Gasteiger charge is -2.15. The largest absolute Gasteiger partial charge is 0.378 e.